The maximum atomic E-state index is 3.28. The molecule has 2 aliphatic carbocycles. The Labute approximate surface area is 121 Å². The van der Waals surface area contributed by atoms with Gasteiger partial charge in [-0.05, 0) is 35.1 Å². The SMILES string of the molecule is [C]1[C]c2ccccc2[C]1CC[C]1[C][C]c2ccccc21. The molecule has 20 heavy (non-hydrogen) atoms. The molecule has 0 heteroatoms. The van der Waals surface area contributed by atoms with Crippen LogP contribution in [0.5, 0.6) is 0 Å². The van der Waals surface area contributed by atoms with Gasteiger partial charge in [0.2, 0.25) is 0 Å². The van der Waals surface area contributed by atoms with Crippen LogP contribution < -0.4 is 0 Å². The molecule has 92 valence electrons. The summed E-state index contributed by atoms with van der Waals surface area (Å²) < 4.78 is 0. The molecule has 2 aromatic carbocycles. The second-order valence-electron chi connectivity index (χ2n) is 5.05. The summed E-state index contributed by atoms with van der Waals surface area (Å²) >= 11 is 0. The molecule has 0 amide bonds. The van der Waals surface area contributed by atoms with Crippen molar-refractivity contribution in [2.45, 2.75) is 12.8 Å². The van der Waals surface area contributed by atoms with E-state index in [-0.39, 0.29) is 0 Å². The van der Waals surface area contributed by atoms with Crippen molar-refractivity contribution in [1.29, 1.82) is 0 Å². The number of hydrogen-bond donors (Lipinski definition) is 0. The minimum absolute atomic E-state index is 0.975. The van der Waals surface area contributed by atoms with Gasteiger partial charge in [-0.2, -0.15) is 0 Å². The van der Waals surface area contributed by atoms with Gasteiger partial charge in [0.1, 0.15) is 0 Å². The third-order valence-electron chi connectivity index (χ3n) is 3.83. The third kappa shape index (κ3) is 2.08. The monoisotopic (exact) mass is 252 g/mol. The lowest BCUT2D eigenvalue weighted by Gasteiger charge is -2.14. The summed E-state index contributed by atoms with van der Waals surface area (Å²) in [4.78, 5) is 0. The van der Waals surface area contributed by atoms with Crippen molar-refractivity contribution < 1.29 is 0 Å². The molecule has 2 aromatic rings. The van der Waals surface area contributed by atoms with Crippen molar-refractivity contribution in [1.82, 2.24) is 0 Å². The molecule has 0 atom stereocenters. The average Bonchev–Trinajstić information content (AvgIpc) is 3.09. The van der Waals surface area contributed by atoms with Crippen LogP contribution >= 0.6 is 0 Å². The molecule has 0 spiro atoms. The molecule has 0 aliphatic heterocycles. The van der Waals surface area contributed by atoms with E-state index in [1.54, 1.807) is 0 Å². The summed E-state index contributed by atoms with van der Waals surface area (Å²) in [7, 11) is 0. The highest BCUT2D eigenvalue weighted by Gasteiger charge is 2.28. The highest BCUT2D eigenvalue weighted by atomic mass is 14.3. The Bertz CT molecular complexity index is 555. The van der Waals surface area contributed by atoms with Crippen LogP contribution in [0.1, 0.15) is 35.1 Å². The minimum Gasteiger partial charge on any atom is -0.0620 e. The second kappa shape index (κ2) is 5.09. The lowest BCUT2D eigenvalue weighted by molar-refractivity contribution is 0.829. The Balaban J connectivity index is 1.45. The zero-order chi connectivity index (χ0) is 13.4. The van der Waals surface area contributed by atoms with Gasteiger partial charge < -0.3 is 0 Å². The van der Waals surface area contributed by atoms with Gasteiger partial charge in [0.25, 0.3) is 0 Å². The molecular formula is C20H12. The van der Waals surface area contributed by atoms with Gasteiger partial charge in [-0.25, -0.2) is 0 Å². The maximum absolute atomic E-state index is 3.28. The van der Waals surface area contributed by atoms with E-state index in [4.69, 9.17) is 0 Å². The van der Waals surface area contributed by atoms with E-state index in [0.29, 0.717) is 0 Å². The van der Waals surface area contributed by atoms with Gasteiger partial charge in [0.15, 0.2) is 0 Å². The first-order chi connectivity index (χ1) is 9.92. The van der Waals surface area contributed by atoms with Crippen molar-refractivity contribution in [2.24, 2.45) is 0 Å². The quantitative estimate of drug-likeness (QED) is 0.772. The van der Waals surface area contributed by atoms with E-state index >= 15 is 0 Å². The predicted molar refractivity (Wildman–Crippen MR) is 78.0 cm³/mol. The van der Waals surface area contributed by atoms with Crippen LogP contribution in [-0.2, 0) is 0 Å². The summed E-state index contributed by atoms with van der Waals surface area (Å²) in [6, 6.07) is 16.7. The number of fused-ring (bicyclic) bond motifs is 2. The van der Waals surface area contributed by atoms with Gasteiger partial charge in [-0.15, -0.1) is 0 Å². The van der Waals surface area contributed by atoms with Gasteiger partial charge in [-0.3, -0.25) is 0 Å². The van der Waals surface area contributed by atoms with Crippen LogP contribution in [-0.4, -0.2) is 0 Å². The molecule has 0 saturated heterocycles. The highest BCUT2D eigenvalue weighted by molar-refractivity contribution is 5.57. The first-order valence-electron chi connectivity index (χ1n) is 6.86. The summed E-state index contributed by atoms with van der Waals surface area (Å²) in [5.41, 5.74) is 4.86. The van der Waals surface area contributed by atoms with Crippen molar-refractivity contribution in [3.8, 4) is 0 Å². The molecule has 0 saturated carbocycles. The molecule has 2 aliphatic rings. The van der Waals surface area contributed by atoms with Crippen LogP contribution in [0.3, 0.4) is 0 Å². The minimum atomic E-state index is 0.975. The number of rotatable bonds is 3. The molecule has 0 bridgehead atoms. The summed E-state index contributed by atoms with van der Waals surface area (Å²) in [5, 5.41) is 0. The fourth-order valence-corrected chi connectivity index (χ4v) is 2.78. The van der Waals surface area contributed by atoms with E-state index in [9.17, 15) is 0 Å². The first kappa shape index (κ1) is 12.2. The Morgan fingerprint density at radius 2 is 1.00 bits per heavy atom. The predicted octanol–water partition coefficient (Wildman–Crippen LogP) is 4.06. The van der Waals surface area contributed by atoms with Crippen molar-refractivity contribution in [3.63, 3.8) is 0 Å². The van der Waals surface area contributed by atoms with Crippen molar-refractivity contribution >= 4 is 0 Å². The van der Waals surface area contributed by atoms with Crippen molar-refractivity contribution in [3.05, 3.63) is 108 Å². The van der Waals surface area contributed by atoms with E-state index in [1.807, 2.05) is 12.1 Å². The highest BCUT2D eigenvalue weighted by Crippen LogP contribution is 2.41. The normalized spacial score (nSPS) is 18.2. The van der Waals surface area contributed by atoms with Gasteiger partial charge in [-0.1, -0.05) is 48.5 Å². The first-order valence-corrected chi connectivity index (χ1v) is 6.86. The largest absolute Gasteiger partial charge is 0.0620 e. The second-order valence-corrected chi connectivity index (χ2v) is 5.05. The van der Waals surface area contributed by atoms with Crippen LogP contribution in [0.4, 0.5) is 0 Å². The molecule has 0 fully saturated rings. The molecule has 0 aromatic heterocycles. The molecule has 0 N–H and O–H groups in total. The summed E-state index contributed by atoms with van der Waals surface area (Å²) in [6.45, 7) is 0. The molecule has 0 nitrogen and oxygen atoms in total. The van der Waals surface area contributed by atoms with Crippen LogP contribution in [0, 0.1) is 37.5 Å². The molecule has 0 heterocycles. The topological polar surface area (TPSA) is 0 Å². The van der Waals surface area contributed by atoms with Gasteiger partial charge in [0.05, 0.1) is 0 Å². The molecular weight excluding hydrogens is 240 g/mol. The van der Waals surface area contributed by atoms with Crippen LogP contribution in [0.25, 0.3) is 0 Å². The Hall–Kier alpha value is -1.56. The zero-order valence-corrected chi connectivity index (χ0v) is 11.0. The molecule has 10 radical (unpaired) electrons. The summed E-state index contributed by atoms with van der Waals surface area (Å²) in [6.07, 6.45) is 14.9. The van der Waals surface area contributed by atoms with E-state index in [1.165, 1.54) is 23.0 Å². The lowest BCUT2D eigenvalue weighted by atomic mass is 9.89. The summed E-state index contributed by atoms with van der Waals surface area (Å²) in [5.74, 6) is 2.50. The third-order valence-corrected chi connectivity index (χ3v) is 3.83. The Morgan fingerprint density at radius 3 is 1.50 bits per heavy atom. The Morgan fingerprint density at radius 1 is 0.550 bits per heavy atom. The maximum Gasteiger partial charge on any atom is 0.0258 e. The molecule has 4 rings (SSSR count). The Kier molecular flexibility index (Phi) is 3.10. The van der Waals surface area contributed by atoms with Crippen molar-refractivity contribution in [2.75, 3.05) is 0 Å². The van der Waals surface area contributed by atoms with E-state index < -0.39 is 0 Å². The van der Waals surface area contributed by atoms with E-state index in [2.05, 4.69) is 62.1 Å². The number of benzene rings is 2. The number of hydrogen-bond acceptors (Lipinski definition) is 0. The van der Waals surface area contributed by atoms with Crippen LogP contribution in [0.15, 0.2) is 48.5 Å². The standard InChI is InChI=1S/C20H12/c1-3-7-19-15(5-1)9-11-17(19)13-14-18-12-10-16-6-2-4-8-20(16)18/h1-8H,13-14H2. The van der Waals surface area contributed by atoms with Crippen LogP contribution in [0.2, 0.25) is 0 Å². The van der Waals surface area contributed by atoms with Gasteiger partial charge >= 0.3 is 0 Å². The van der Waals surface area contributed by atoms with Gasteiger partial charge in [0, 0.05) is 37.5 Å². The smallest absolute Gasteiger partial charge is 0.0258 e. The lowest BCUT2D eigenvalue weighted by Crippen LogP contribution is -2.01. The fourth-order valence-electron chi connectivity index (χ4n) is 2.78. The van der Waals surface area contributed by atoms with E-state index in [0.717, 1.165) is 24.0 Å². The molecule has 0 unspecified atom stereocenters. The zero-order valence-electron chi connectivity index (χ0n) is 11.0. The average molecular weight is 252 g/mol. The fraction of sp³-hybridized carbons (Fsp3) is 0.100.